The molecule has 0 aromatic heterocycles. The summed E-state index contributed by atoms with van der Waals surface area (Å²) in [6, 6.07) is 7.54. The Morgan fingerprint density at radius 2 is 1.91 bits per heavy atom. The first kappa shape index (κ1) is 23.0. The lowest BCUT2D eigenvalue weighted by atomic mass is 9.58. The first-order chi connectivity index (χ1) is 16.4. The van der Waals surface area contributed by atoms with Gasteiger partial charge < -0.3 is 19.7 Å². The second kappa shape index (κ2) is 8.79. The minimum atomic E-state index is -0.415. The molecule has 1 aliphatic heterocycles. The highest BCUT2D eigenvalue weighted by Crippen LogP contribution is 2.58. The van der Waals surface area contributed by atoms with Crippen molar-refractivity contribution in [2.24, 2.45) is 22.7 Å². The molecule has 1 N–H and O–H groups in total. The number of hydrogen-bond donors (Lipinski definition) is 1. The summed E-state index contributed by atoms with van der Waals surface area (Å²) in [4.78, 5) is 27.2. The maximum absolute atomic E-state index is 12.9. The van der Waals surface area contributed by atoms with Crippen molar-refractivity contribution in [2.45, 2.75) is 64.0 Å². The molecule has 5 rings (SSSR count). The lowest BCUT2D eigenvalue weighted by molar-refractivity contribution is -0.131. The van der Waals surface area contributed by atoms with Gasteiger partial charge in [-0.25, -0.2) is 4.79 Å². The first-order valence-electron chi connectivity index (χ1n) is 12.6. The molecule has 1 aromatic rings. The summed E-state index contributed by atoms with van der Waals surface area (Å²) in [5.74, 6) is 2.21. The van der Waals surface area contributed by atoms with E-state index >= 15 is 0 Å². The van der Waals surface area contributed by atoms with Gasteiger partial charge in [-0.1, -0.05) is 37.3 Å². The Morgan fingerprint density at radius 1 is 1.12 bits per heavy atom. The average Bonchev–Trinajstić information content (AvgIpc) is 3.16. The molecule has 0 radical (unpaired) electrons. The second-order valence-corrected chi connectivity index (χ2v) is 10.8. The van der Waals surface area contributed by atoms with Gasteiger partial charge in [-0.3, -0.25) is 4.79 Å². The highest BCUT2D eigenvalue weighted by Gasteiger charge is 2.54. The zero-order chi connectivity index (χ0) is 23.9. The van der Waals surface area contributed by atoms with E-state index in [2.05, 4.69) is 30.5 Å². The number of fused-ring (bicyclic) bond motifs is 3. The number of para-hydroxylation sites is 2. The highest BCUT2D eigenvalue weighted by molar-refractivity contribution is 5.89. The Morgan fingerprint density at radius 3 is 2.71 bits per heavy atom. The molecule has 2 saturated carbocycles. The molecule has 2 fully saturated rings. The Kier molecular flexibility index (Phi) is 5.95. The lowest BCUT2D eigenvalue weighted by Crippen LogP contribution is -2.54. The summed E-state index contributed by atoms with van der Waals surface area (Å²) >= 11 is 0. The average molecular weight is 465 g/mol. The van der Waals surface area contributed by atoms with E-state index in [1.54, 1.807) is 25.3 Å². The third kappa shape index (κ3) is 3.81. The normalized spacial score (nSPS) is 37.5. The third-order valence-electron chi connectivity index (χ3n) is 9.22. The molecule has 2 amide bonds. The van der Waals surface area contributed by atoms with Crippen LogP contribution in [0.15, 0.2) is 48.6 Å². The topological polar surface area (TPSA) is 67.9 Å². The zero-order valence-electron chi connectivity index (χ0n) is 20.5. The van der Waals surface area contributed by atoms with Gasteiger partial charge in [0, 0.05) is 30.6 Å². The fourth-order valence-electron chi connectivity index (χ4n) is 7.45. The molecule has 2 bridgehead atoms. The van der Waals surface area contributed by atoms with Crippen LogP contribution in [0, 0.1) is 22.7 Å². The van der Waals surface area contributed by atoms with Crippen molar-refractivity contribution < 1.29 is 19.1 Å². The number of benzene rings is 1. The fourth-order valence-corrected chi connectivity index (χ4v) is 7.45. The smallest absolute Gasteiger partial charge is 0.412 e. The van der Waals surface area contributed by atoms with Gasteiger partial charge in [-0.2, -0.15) is 0 Å². The number of hydrogen-bond acceptors (Lipinski definition) is 4. The minimum absolute atomic E-state index is 0.00721. The standard InChI is InChI=1S/C28H36N2O4/c1-27-15-6-7-16-28-17-14-25(31)30(2)24(28)13-10-19(18-28)20(27)11-12-23(27)29-26(32)34-22-9-5-4-8-21(22)33-3/h4-5,7-9,14,16-17,19-20,23-24H,6,10-13,15,18H2,1-3H3,(H,29,32)/b16-7+/t19-,20+,23+,24-,27+,28-/m1/s1. The van der Waals surface area contributed by atoms with Gasteiger partial charge in [-0.15, -0.1) is 0 Å². The van der Waals surface area contributed by atoms with Gasteiger partial charge in [0.15, 0.2) is 11.5 Å². The van der Waals surface area contributed by atoms with E-state index < -0.39 is 6.09 Å². The second-order valence-electron chi connectivity index (χ2n) is 10.8. The van der Waals surface area contributed by atoms with E-state index in [1.807, 2.05) is 24.1 Å². The molecule has 182 valence electrons. The summed E-state index contributed by atoms with van der Waals surface area (Å²) in [5.41, 5.74) is -0.0571. The molecule has 0 unspecified atom stereocenters. The number of nitrogens with zero attached hydrogens (tertiary/aromatic N) is 1. The van der Waals surface area contributed by atoms with Crippen molar-refractivity contribution in [1.82, 2.24) is 10.2 Å². The van der Waals surface area contributed by atoms with Crippen molar-refractivity contribution >= 4 is 12.0 Å². The van der Waals surface area contributed by atoms with Crippen LogP contribution in [-0.4, -0.2) is 43.1 Å². The molecule has 3 aliphatic carbocycles. The van der Waals surface area contributed by atoms with E-state index in [0.717, 1.165) is 44.9 Å². The zero-order valence-corrected chi connectivity index (χ0v) is 20.5. The first-order valence-corrected chi connectivity index (χ1v) is 12.6. The minimum Gasteiger partial charge on any atom is -0.493 e. The molecule has 6 nitrogen and oxygen atoms in total. The largest absolute Gasteiger partial charge is 0.493 e. The molecule has 1 heterocycles. The number of carbonyl (C=O) groups excluding carboxylic acids is 2. The van der Waals surface area contributed by atoms with E-state index in [4.69, 9.17) is 9.47 Å². The number of methoxy groups -OCH3 is 1. The van der Waals surface area contributed by atoms with Crippen molar-refractivity contribution in [2.75, 3.05) is 14.2 Å². The van der Waals surface area contributed by atoms with Crippen LogP contribution in [-0.2, 0) is 4.79 Å². The molecule has 1 aromatic carbocycles. The predicted octanol–water partition coefficient (Wildman–Crippen LogP) is 5.10. The van der Waals surface area contributed by atoms with E-state index in [0.29, 0.717) is 23.3 Å². The monoisotopic (exact) mass is 464 g/mol. The molecular weight excluding hydrogens is 428 g/mol. The van der Waals surface area contributed by atoms with E-state index in [-0.39, 0.29) is 28.8 Å². The third-order valence-corrected chi connectivity index (χ3v) is 9.22. The van der Waals surface area contributed by atoms with Gasteiger partial charge >= 0.3 is 6.09 Å². The quantitative estimate of drug-likeness (QED) is 0.632. The molecule has 0 saturated heterocycles. The maximum Gasteiger partial charge on any atom is 0.412 e. The summed E-state index contributed by atoms with van der Waals surface area (Å²) in [5, 5.41) is 3.22. The van der Waals surface area contributed by atoms with E-state index in [1.165, 1.54) is 0 Å². The number of nitrogens with one attached hydrogen (secondary N) is 1. The Bertz CT molecular complexity index is 1020. The summed E-state index contributed by atoms with van der Waals surface area (Å²) in [7, 11) is 3.52. The van der Waals surface area contributed by atoms with Gasteiger partial charge in [0.05, 0.1) is 7.11 Å². The molecular formula is C28H36N2O4. The molecule has 4 aliphatic rings. The summed E-state index contributed by atoms with van der Waals surface area (Å²) in [6.45, 7) is 2.36. The number of allylic oxidation sites excluding steroid dienone is 1. The fraction of sp³-hybridized carbons (Fsp3) is 0.571. The predicted molar refractivity (Wildman–Crippen MR) is 131 cm³/mol. The number of carbonyl (C=O) groups is 2. The Balaban J connectivity index is 1.35. The van der Waals surface area contributed by atoms with Crippen LogP contribution in [0.5, 0.6) is 11.5 Å². The molecule has 6 atom stereocenters. The van der Waals surface area contributed by atoms with Crippen molar-refractivity contribution in [3.8, 4) is 11.5 Å². The van der Waals surface area contributed by atoms with Crippen LogP contribution in [0.25, 0.3) is 0 Å². The van der Waals surface area contributed by atoms with Crippen LogP contribution in [0.4, 0.5) is 4.79 Å². The Labute approximate surface area is 202 Å². The van der Waals surface area contributed by atoms with Gasteiger partial charge in [-0.05, 0) is 74.3 Å². The number of rotatable bonds is 3. The summed E-state index contributed by atoms with van der Waals surface area (Å²) < 4.78 is 11.0. The molecule has 6 heteroatoms. The molecule has 1 spiro atoms. The van der Waals surface area contributed by atoms with Crippen LogP contribution < -0.4 is 14.8 Å². The van der Waals surface area contributed by atoms with Gasteiger partial charge in [0.25, 0.3) is 0 Å². The molecule has 34 heavy (non-hydrogen) atoms. The SMILES string of the molecule is COc1ccccc1OC(=O)N[C@H]1CC[C@H]2[C@@H]3CC[C@H]4N(C)C(=O)C=C[C@]4(/C=C/CC[C@]12C)C3. The maximum atomic E-state index is 12.9. The van der Waals surface area contributed by atoms with Crippen LogP contribution in [0.3, 0.4) is 0 Å². The van der Waals surface area contributed by atoms with Crippen LogP contribution in [0.1, 0.15) is 51.9 Å². The van der Waals surface area contributed by atoms with Crippen LogP contribution >= 0.6 is 0 Å². The number of likely N-dealkylation sites (N-methyl/N-ethyl adjacent to an activating group) is 1. The van der Waals surface area contributed by atoms with Crippen molar-refractivity contribution in [3.63, 3.8) is 0 Å². The van der Waals surface area contributed by atoms with Gasteiger partial charge in [0.2, 0.25) is 5.91 Å². The number of amides is 2. The Hall–Kier alpha value is -2.76. The van der Waals surface area contributed by atoms with E-state index in [9.17, 15) is 9.59 Å². The highest BCUT2D eigenvalue weighted by atomic mass is 16.6. The van der Waals surface area contributed by atoms with Crippen molar-refractivity contribution in [3.05, 3.63) is 48.6 Å². The lowest BCUT2D eigenvalue weighted by Gasteiger charge is -2.52. The van der Waals surface area contributed by atoms with Crippen LogP contribution in [0.2, 0.25) is 0 Å². The van der Waals surface area contributed by atoms with Crippen molar-refractivity contribution in [1.29, 1.82) is 0 Å². The number of ether oxygens (including phenoxy) is 2. The van der Waals surface area contributed by atoms with Gasteiger partial charge in [0.1, 0.15) is 0 Å². The summed E-state index contributed by atoms with van der Waals surface area (Å²) in [6.07, 6.45) is 15.5.